The van der Waals surface area contributed by atoms with E-state index in [1.165, 1.54) is 0 Å². The predicted octanol–water partition coefficient (Wildman–Crippen LogP) is 4.36. The van der Waals surface area contributed by atoms with Gasteiger partial charge in [0.15, 0.2) is 5.78 Å². The maximum atomic E-state index is 12.3. The minimum atomic E-state index is 0.109. The Morgan fingerprint density at radius 1 is 1.19 bits per heavy atom. The van der Waals surface area contributed by atoms with Crippen LogP contribution >= 0.6 is 27.3 Å². The quantitative estimate of drug-likeness (QED) is 0.752. The highest BCUT2D eigenvalue weighted by Gasteiger charge is 2.15. The van der Waals surface area contributed by atoms with Crippen LogP contribution in [0.2, 0.25) is 0 Å². The summed E-state index contributed by atoms with van der Waals surface area (Å²) in [6.45, 7) is 3.93. The van der Waals surface area contributed by atoms with Gasteiger partial charge in [-0.25, -0.2) is 0 Å². The lowest BCUT2D eigenvalue weighted by molar-refractivity contribution is 0.103. The third-order valence-corrected chi connectivity index (χ3v) is 4.32. The molecule has 82 valence electrons. The predicted molar refractivity (Wildman–Crippen MR) is 71.4 cm³/mol. The van der Waals surface area contributed by atoms with Gasteiger partial charge in [0.25, 0.3) is 0 Å². The molecule has 2 rings (SSSR count). The van der Waals surface area contributed by atoms with Crippen molar-refractivity contribution in [1.82, 2.24) is 0 Å². The van der Waals surface area contributed by atoms with Gasteiger partial charge in [0.05, 0.1) is 0 Å². The van der Waals surface area contributed by atoms with Gasteiger partial charge in [-0.1, -0.05) is 28.1 Å². The Kier molecular flexibility index (Phi) is 3.26. The minimum Gasteiger partial charge on any atom is -0.289 e. The van der Waals surface area contributed by atoms with Crippen molar-refractivity contribution < 1.29 is 4.79 Å². The number of aryl methyl sites for hydroxylation is 1. The molecule has 0 bridgehead atoms. The van der Waals surface area contributed by atoms with E-state index in [4.69, 9.17) is 0 Å². The van der Waals surface area contributed by atoms with Gasteiger partial charge in [0, 0.05) is 20.5 Å². The van der Waals surface area contributed by atoms with Crippen molar-refractivity contribution in [3.63, 3.8) is 0 Å². The summed E-state index contributed by atoms with van der Waals surface area (Å²) in [5.74, 6) is 0.109. The van der Waals surface area contributed by atoms with E-state index in [1.54, 1.807) is 11.3 Å². The van der Waals surface area contributed by atoms with Gasteiger partial charge in [0.2, 0.25) is 0 Å². The Morgan fingerprint density at radius 3 is 2.56 bits per heavy atom. The Bertz CT molecular complexity index is 543. The van der Waals surface area contributed by atoms with E-state index in [2.05, 4.69) is 15.9 Å². The first-order valence-electron chi connectivity index (χ1n) is 4.95. The van der Waals surface area contributed by atoms with Crippen molar-refractivity contribution in [2.45, 2.75) is 13.8 Å². The zero-order valence-corrected chi connectivity index (χ0v) is 11.5. The van der Waals surface area contributed by atoms with Gasteiger partial charge in [-0.15, -0.1) is 11.3 Å². The molecular formula is C13H11BrOS. The monoisotopic (exact) mass is 294 g/mol. The number of carbonyl (C=O) groups is 1. The van der Waals surface area contributed by atoms with Crippen molar-refractivity contribution >= 4 is 33.0 Å². The van der Waals surface area contributed by atoms with E-state index < -0.39 is 0 Å². The molecule has 1 nitrogen and oxygen atoms in total. The molecule has 0 spiro atoms. The van der Waals surface area contributed by atoms with Crippen molar-refractivity contribution in [3.05, 3.63) is 55.7 Å². The maximum absolute atomic E-state index is 12.3. The Hall–Kier alpha value is -0.930. The van der Waals surface area contributed by atoms with Crippen LogP contribution < -0.4 is 0 Å². The second-order valence-electron chi connectivity index (χ2n) is 3.63. The molecular weight excluding hydrogens is 284 g/mol. The summed E-state index contributed by atoms with van der Waals surface area (Å²) in [6.07, 6.45) is 0. The van der Waals surface area contributed by atoms with Crippen molar-refractivity contribution in [2.75, 3.05) is 0 Å². The summed E-state index contributed by atoms with van der Waals surface area (Å²) < 4.78 is 0.978. The Balaban J connectivity index is 2.50. The summed E-state index contributed by atoms with van der Waals surface area (Å²) in [7, 11) is 0. The van der Waals surface area contributed by atoms with E-state index in [0.29, 0.717) is 0 Å². The average Bonchev–Trinajstić information content (AvgIpc) is 2.68. The topological polar surface area (TPSA) is 17.1 Å². The third-order valence-electron chi connectivity index (χ3n) is 2.62. The van der Waals surface area contributed by atoms with Crippen LogP contribution in [0.4, 0.5) is 0 Å². The standard InChI is InChI=1S/C13H11BrOS/c1-8-10(4-3-5-12(8)14)13(15)11-6-7-16-9(11)2/h3-7H,1-2H3. The van der Waals surface area contributed by atoms with Crippen LogP contribution in [0.5, 0.6) is 0 Å². The van der Waals surface area contributed by atoms with Crippen LogP contribution in [-0.4, -0.2) is 5.78 Å². The first kappa shape index (κ1) is 11.6. The van der Waals surface area contributed by atoms with Gasteiger partial charge in [-0.05, 0) is 36.9 Å². The van der Waals surface area contributed by atoms with E-state index >= 15 is 0 Å². The highest BCUT2D eigenvalue weighted by Crippen LogP contribution is 2.24. The van der Waals surface area contributed by atoms with E-state index in [9.17, 15) is 4.79 Å². The Morgan fingerprint density at radius 2 is 1.94 bits per heavy atom. The molecule has 2 aromatic rings. The zero-order chi connectivity index (χ0) is 11.7. The minimum absolute atomic E-state index is 0.109. The third kappa shape index (κ3) is 1.97. The summed E-state index contributed by atoms with van der Waals surface area (Å²) in [5, 5.41) is 1.95. The summed E-state index contributed by atoms with van der Waals surface area (Å²) >= 11 is 5.05. The fourth-order valence-corrected chi connectivity index (χ4v) is 2.68. The number of ketones is 1. The normalized spacial score (nSPS) is 10.4. The molecule has 0 aliphatic rings. The fraction of sp³-hybridized carbons (Fsp3) is 0.154. The van der Waals surface area contributed by atoms with Crippen LogP contribution in [0.1, 0.15) is 26.4 Å². The van der Waals surface area contributed by atoms with E-state index in [1.807, 2.05) is 43.5 Å². The molecule has 3 heteroatoms. The second-order valence-corrected chi connectivity index (χ2v) is 5.61. The molecule has 16 heavy (non-hydrogen) atoms. The van der Waals surface area contributed by atoms with Crippen LogP contribution in [0, 0.1) is 13.8 Å². The largest absolute Gasteiger partial charge is 0.289 e. The van der Waals surface area contributed by atoms with Crippen LogP contribution in [-0.2, 0) is 0 Å². The molecule has 0 amide bonds. The van der Waals surface area contributed by atoms with E-state index in [0.717, 1.165) is 26.0 Å². The average molecular weight is 295 g/mol. The maximum Gasteiger partial charge on any atom is 0.194 e. The number of carbonyl (C=O) groups excluding carboxylic acids is 1. The SMILES string of the molecule is Cc1sccc1C(=O)c1cccc(Br)c1C. The molecule has 0 fully saturated rings. The highest BCUT2D eigenvalue weighted by molar-refractivity contribution is 9.10. The molecule has 0 unspecified atom stereocenters. The molecule has 0 saturated heterocycles. The number of hydrogen-bond donors (Lipinski definition) is 0. The van der Waals surface area contributed by atoms with Gasteiger partial charge < -0.3 is 0 Å². The lowest BCUT2D eigenvalue weighted by atomic mass is 10.00. The first-order valence-corrected chi connectivity index (χ1v) is 6.62. The van der Waals surface area contributed by atoms with Gasteiger partial charge in [0.1, 0.15) is 0 Å². The van der Waals surface area contributed by atoms with Gasteiger partial charge >= 0.3 is 0 Å². The summed E-state index contributed by atoms with van der Waals surface area (Å²) in [5.41, 5.74) is 2.58. The van der Waals surface area contributed by atoms with Gasteiger partial charge in [-0.2, -0.15) is 0 Å². The number of rotatable bonds is 2. The number of benzene rings is 1. The van der Waals surface area contributed by atoms with Crippen LogP contribution in [0.3, 0.4) is 0 Å². The molecule has 1 aromatic carbocycles. The van der Waals surface area contributed by atoms with Crippen LogP contribution in [0.15, 0.2) is 34.1 Å². The van der Waals surface area contributed by atoms with Crippen LogP contribution in [0.25, 0.3) is 0 Å². The molecule has 0 radical (unpaired) electrons. The lowest BCUT2D eigenvalue weighted by Gasteiger charge is -2.06. The van der Waals surface area contributed by atoms with E-state index in [-0.39, 0.29) is 5.78 Å². The number of hydrogen-bond acceptors (Lipinski definition) is 2. The molecule has 0 saturated carbocycles. The fourth-order valence-electron chi connectivity index (χ4n) is 1.62. The number of halogens is 1. The summed E-state index contributed by atoms with van der Waals surface area (Å²) in [4.78, 5) is 13.4. The summed E-state index contributed by atoms with van der Waals surface area (Å²) in [6, 6.07) is 7.61. The molecule has 1 aromatic heterocycles. The first-order chi connectivity index (χ1) is 7.61. The molecule has 0 atom stereocenters. The Labute approximate surface area is 107 Å². The lowest BCUT2D eigenvalue weighted by Crippen LogP contribution is -2.03. The smallest absolute Gasteiger partial charge is 0.194 e. The molecule has 0 N–H and O–H groups in total. The second kappa shape index (κ2) is 4.52. The van der Waals surface area contributed by atoms with Crippen molar-refractivity contribution in [1.29, 1.82) is 0 Å². The zero-order valence-electron chi connectivity index (χ0n) is 9.08. The van der Waals surface area contributed by atoms with Gasteiger partial charge in [-0.3, -0.25) is 4.79 Å². The van der Waals surface area contributed by atoms with Crippen molar-refractivity contribution in [2.24, 2.45) is 0 Å². The highest BCUT2D eigenvalue weighted by atomic mass is 79.9. The molecule has 0 aliphatic heterocycles. The van der Waals surface area contributed by atoms with Crippen molar-refractivity contribution in [3.8, 4) is 0 Å². The number of thiophene rings is 1. The molecule has 1 heterocycles. The molecule has 0 aliphatic carbocycles.